The van der Waals surface area contributed by atoms with Crippen molar-refractivity contribution in [2.24, 2.45) is 23.2 Å². The zero-order valence-corrected chi connectivity index (χ0v) is 26.8. The van der Waals surface area contributed by atoms with Gasteiger partial charge in [-0.05, 0) is 124 Å². The van der Waals surface area contributed by atoms with E-state index in [1.54, 1.807) is 12.1 Å². The summed E-state index contributed by atoms with van der Waals surface area (Å²) in [6, 6.07) is 5.38. The number of nitrogens with zero attached hydrogens (tertiary/aromatic N) is 1. The van der Waals surface area contributed by atoms with Crippen LogP contribution in [0.15, 0.2) is 18.2 Å². The van der Waals surface area contributed by atoms with Crippen molar-refractivity contribution < 1.29 is 41.1 Å². The Morgan fingerprint density at radius 3 is 2.39 bits per heavy atom. The summed E-state index contributed by atoms with van der Waals surface area (Å²) in [7, 11) is 2.01. The van der Waals surface area contributed by atoms with Crippen LogP contribution in [0.1, 0.15) is 94.6 Å². The fourth-order valence-corrected chi connectivity index (χ4v) is 9.65. The Morgan fingerprint density at radius 2 is 1.68 bits per heavy atom. The van der Waals surface area contributed by atoms with Crippen molar-refractivity contribution in [1.82, 2.24) is 4.90 Å². The predicted octanol–water partition coefficient (Wildman–Crippen LogP) is 7.78. The van der Waals surface area contributed by atoms with Crippen LogP contribution in [0.25, 0.3) is 0 Å². The SMILES string of the molecule is CN(CCCCC[C@@H]1Cc2cc(O)ccc2[C@@H]2[C@@H]1[C@@H]1CC[C@H](O)[C@@]1(C)C[C@@H]2F)CCCC[S+]([O-])CCCC(F)(F)C(F)(F)F. The Morgan fingerprint density at radius 1 is 1.00 bits per heavy atom. The van der Waals surface area contributed by atoms with Gasteiger partial charge >= 0.3 is 12.1 Å². The van der Waals surface area contributed by atoms with Gasteiger partial charge < -0.3 is 19.7 Å². The van der Waals surface area contributed by atoms with Gasteiger partial charge in [-0.3, -0.25) is 0 Å². The maximum absolute atomic E-state index is 15.9. The number of phenols is 1. The van der Waals surface area contributed by atoms with Gasteiger partial charge in [0.15, 0.2) is 0 Å². The molecule has 4 nitrogen and oxygen atoms in total. The normalized spacial score (nSPS) is 31.1. The summed E-state index contributed by atoms with van der Waals surface area (Å²) in [5.41, 5.74) is 1.71. The highest BCUT2D eigenvalue weighted by atomic mass is 32.2. The van der Waals surface area contributed by atoms with E-state index < -0.39 is 48.4 Å². The highest BCUT2D eigenvalue weighted by molar-refractivity contribution is 7.91. The van der Waals surface area contributed by atoms with Gasteiger partial charge in [0.1, 0.15) is 23.4 Å². The van der Waals surface area contributed by atoms with Crippen LogP contribution in [0.4, 0.5) is 26.3 Å². The molecule has 0 aliphatic heterocycles. The molecule has 3 aliphatic rings. The van der Waals surface area contributed by atoms with E-state index in [1.807, 2.05) is 13.1 Å². The zero-order chi connectivity index (χ0) is 32.3. The van der Waals surface area contributed by atoms with Crippen LogP contribution in [-0.2, 0) is 17.6 Å². The molecule has 2 saturated carbocycles. The number of aromatic hydroxyl groups is 1. The van der Waals surface area contributed by atoms with Crippen molar-refractivity contribution in [3.8, 4) is 5.75 Å². The molecule has 0 bridgehead atoms. The molecule has 1 unspecified atom stereocenters. The minimum Gasteiger partial charge on any atom is -0.616 e. The fourth-order valence-electron chi connectivity index (χ4n) is 8.45. The van der Waals surface area contributed by atoms with Crippen LogP contribution in [0.3, 0.4) is 0 Å². The van der Waals surface area contributed by atoms with E-state index >= 15 is 4.39 Å². The molecule has 8 atom stereocenters. The fraction of sp³-hybridized carbons (Fsp3) is 0.818. The molecule has 1 aromatic carbocycles. The van der Waals surface area contributed by atoms with E-state index in [-0.39, 0.29) is 28.8 Å². The molecule has 4 rings (SSSR count). The molecule has 1 aromatic rings. The molecule has 11 heteroatoms. The monoisotopic (exact) mass is 653 g/mol. The lowest BCUT2D eigenvalue weighted by molar-refractivity contribution is -0.284. The predicted molar refractivity (Wildman–Crippen MR) is 161 cm³/mol. The number of fused-ring (bicyclic) bond motifs is 5. The van der Waals surface area contributed by atoms with Crippen molar-refractivity contribution >= 4 is 11.2 Å². The lowest BCUT2D eigenvalue weighted by Gasteiger charge is -2.54. The van der Waals surface area contributed by atoms with Gasteiger partial charge in [-0.1, -0.05) is 37.0 Å². The van der Waals surface area contributed by atoms with E-state index in [2.05, 4.69) is 11.8 Å². The molecule has 3 aliphatic carbocycles. The number of alkyl halides is 6. The van der Waals surface area contributed by atoms with Gasteiger partial charge in [0.25, 0.3) is 0 Å². The smallest absolute Gasteiger partial charge is 0.453 e. The molecule has 0 radical (unpaired) electrons. The van der Waals surface area contributed by atoms with Crippen molar-refractivity contribution in [2.45, 2.75) is 114 Å². The maximum Gasteiger partial charge on any atom is 0.453 e. The summed E-state index contributed by atoms with van der Waals surface area (Å²) in [4.78, 5) is 2.20. The average molecular weight is 654 g/mol. The van der Waals surface area contributed by atoms with Crippen LogP contribution in [0.5, 0.6) is 5.75 Å². The third-order valence-corrected chi connectivity index (χ3v) is 12.3. The van der Waals surface area contributed by atoms with Crippen molar-refractivity contribution in [1.29, 1.82) is 0 Å². The first-order valence-corrected chi connectivity index (χ1v) is 17.7. The molecular weight excluding hydrogens is 604 g/mol. The lowest BCUT2D eigenvalue weighted by Crippen LogP contribution is -2.51. The van der Waals surface area contributed by atoms with Crippen LogP contribution in [-0.4, -0.2) is 75.7 Å². The number of hydrogen-bond donors (Lipinski definition) is 2. The van der Waals surface area contributed by atoms with E-state index in [9.17, 15) is 36.7 Å². The summed E-state index contributed by atoms with van der Waals surface area (Å²) in [6.45, 7) is 3.76. The minimum atomic E-state index is -5.56. The van der Waals surface area contributed by atoms with E-state index in [4.69, 9.17) is 0 Å². The van der Waals surface area contributed by atoms with Crippen molar-refractivity contribution in [2.75, 3.05) is 31.6 Å². The summed E-state index contributed by atoms with van der Waals surface area (Å²) in [5.74, 6) is -3.77. The Balaban J connectivity index is 1.17. The number of aliphatic hydroxyl groups excluding tert-OH is 1. The first-order chi connectivity index (χ1) is 20.6. The molecule has 0 heterocycles. The Kier molecular flexibility index (Phi) is 11.9. The lowest BCUT2D eigenvalue weighted by atomic mass is 9.51. The topological polar surface area (TPSA) is 66.8 Å². The second kappa shape index (κ2) is 14.7. The van der Waals surface area contributed by atoms with Gasteiger partial charge in [0.2, 0.25) is 0 Å². The molecular formula is C33H49F6NO3S. The van der Waals surface area contributed by atoms with Crippen LogP contribution in [0, 0.1) is 23.2 Å². The van der Waals surface area contributed by atoms with E-state index in [1.165, 1.54) is 0 Å². The van der Waals surface area contributed by atoms with Gasteiger partial charge in [-0.15, -0.1) is 0 Å². The molecule has 252 valence electrons. The van der Waals surface area contributed by atoms with E-state index in [0.29, 0.717) is 30.4 Å². The van der Waals surface area contributed by atoms with Gasteiger partial charge in [-0.2, -0.15) is 22.0 Å². The summed E-state index contributed by atoms with van der Waals surface area (Å²) < 4.78 is 90.6. The molecule has 2 fully saturated rings. The Labute approximate surface area is 261 Å². The van der Waals surface area contributed by atoms with Crippen LogP contribution >= 0.6 is 0 Å². The first kappa shape index (κ1) is 35.7. The maximum atomic E-state index is 15.9. The number of halogens is 6. The van der Waals surface area contributed by atoms with Crippen molar-refractivity contribution in [3.05, 3.63) is 29.3 Å². The summed E-state index contributed by atoms with van der Waals surface area (Å²) >= 11 is -1.40. The minimum absolute atomic E-state index is 0.149. The molecule has 0 spiro atoms. The molecule has 44 heavy (non-hydrogen) atoms. The van der Waals surface area contributed by atoms with Crippen molar-refractivity contribution in [3.63, 3.8) is 0 Å². The van der Waals surface area contributed by atoms with Gasteiger partial charge in [0, 0.05) is 12.3 Å². The highest BCUT2D eigenvalue weighted by Gasteiger charge is 2.60. The van der Waals surface area contributed by atoms with Crippen LogP contribution < -0.4 is 0 Å². The molecule has 0 aromatic heterocycles. The Bertz CT molecular complexity index is 1080. The number of phenolic OH excluding ortho intramolecular Hbond substituents is 1. The Hall–Kier alpha value is -1.17. The number of rotatable bonds is 15. The third-order valence-electron chi connectivity index (χ3n) is 10.8. The zero-order valence-electron chi connectivity index (χ0n) is 25.9. The molecule has 0 amide bonds. The van der Waals surface area contributed by atoms with E-state index in [0.717, 1.165) is 75.6 Å². The first-order valence-electron chi connectivity index (χ1n) is 16.3. The third kappa shape index (κ3) is 8.21. The summed E-state index contributed by atoms with van der Waals surface area (Å²) in [5, 5.41) is 21.0. The number of hydrogen-bond acceptors (Lipinski definition) is 4. The van der Waals surface area contributed by atoms with Crippen LogP contribution in [0.2, 0.25) is 0 Å². The number of benzene rings is 1. The van der Waals surface area contributed by atoms with Gasteiger partial charge in [-0.25, -0.2) is 4.39 Å². The standard InChI is InChI=1S/C33H49F6NO3S/c1-31-21-27(34)30-25-11-10-24(41)20-23(25)19-22(29(30)26(31)12-13-28(31)42)9-4-3-5-15-40(2)16-6-7-17-44(43)18-8-14-32(35,36)33(37,38)39/h10-11,20,22,26-30,41-42H,3-9,12-19,21H2,1-2H3/t22-,26+,27+,28+,29+,30+,31+,44?/m1/s1. The summed E-state index contributed by atoms with van der Waals surface area (Å²) in [6.07, 6.45) is -0.484. The highest BCUT2D eigenvalue weighted by Crippen LogP contribution is 2.63. The molecule has 0 saturated heterocycles. The second-order valence-corrected chi connectivity index (χ2v) is 15.6. The second-order valence-electron chi connectivity index (χ2n) is 13.9. The average Bonchev–Trinajstić information content (AvgIpc) is 3.23. The number of aliphatic hydroxyl groups is 1. The molecule has 2 N–H and O–H groups in total. The number of unbranched alkanes of at least 4 members (excludes halogenated alkanes) is 3. The van der Waals surface area contributed by atoms with Gasteiger partial charge in [0.05, 0.1) is 6.10 Å². The largest absolute Gasteiger partial charge is 0.616 e. The quantitative estimate of drug-likeness (QED) is 0.115.